The Hall–Kier alpha value is -3.27. The molecule has 0 saturated carbocycles. The summed E-state index contributed by atoms with van der Waals surface area (Å²) in [5.41, 5.74) is 4.19. The fourth-order valence-corrected chi connectivity index (χ4v) is 2.95. The molecule has 0 atom stereocenters. The van der Waals surface area contributed by atoms with E-state index in [-0.39, 0.29) is 0 Å². The summed E-state index contributed by atoms with van der Waals surface area (Å²) >= 11 is 0. The lowest BCUT2D eigenvalue weighted by Gasteiger charge is -2.11. The van der Waals surface area contributed by atoms with E-state index in [4.69, 9.17) is 9.47 Å². The fourth-order valence-electron chi connectivity index (χ4n) is 2.95. The molecule has 0 bridgehead atoms. The summed E-state index contributed by atoms with van der Waals surface area (Å²) in [6.45, 7) is 0.602. The summed E-state index contributed by atoms with van der Waals surface area (Å²) in [7, 11) is 1.65. The highest BCUT2D eigenvalue weighted by Gasteiger charge is 2.10. The molecule has 26 heavy (non-hydrogen) atoms. The summed E-state index contributed by atoms with van der Waals surface area (Å²) in [4.78, 5) is 7.98. The first-order valence-corrected chi connectivity index (χ1v) is 8.63. The number of ether oxygens (including phenoxy) is 2. The van der Waals surface area contributed by atoms with Crippen LogP contribution in [0.2, 0.25) is 0 Å². The van der Waals surface area contributed by atoms with Crippen molar-refractivity contribution < 1.29 is 9.47 Å². The second-order valence-corrected chi connectivity index (χ2v) is 6.05. The van der Waals surface area contributed by atoms with Gasteiger partial charge in [-0.3, -0.25) is 0 Å². The van der Waals surface area contributed by atoms with Crippen molar-refractivity contribution in [1.29, 1.82) is 0 Å². The monoisotopic (exact) mass is 344 g/mol. The van der Waals surface area contributed by atoms with Gasteiger partial charge in [0, 0.05) is 12.0 Å². The number of aromatic nitrogens is 2. The largest absolute Gasteiger partial charge is 0.493 e. The van der Waals surface area contributed by atoms with Crippen LogP contribution in [0.3, 0.4) is 0 Å². The molecule has 1 heterocycles. The van der Waals surface area contributed by atoms with Crippen LogP contribution in [-0.4, -0.2) is 23.7 Å². The molecule has 0 unspecified atom stereocenters. The normalized spacial score (nSPS) is 10.8. The van der Waals surface area contributed by atoms with E-state index >= 15 is 0 Å². The second kappa shape index (κ2) is 7.31. The molecule has 0 fully saturated rings. The topological polar surface area (TPSA) is 47.1 Å². The lowest BCUT2D eigenvalue weighted by Crippen LogP contribution is -2.02. The average Bonchev–Trinajstić information content (AvgIpc) is 3.13. The van der Waals surface area contributed by atoms with Gasteiger partial charge in [-0.15, -0.1) is 0 Å². The molecule has 4 nitrogen and oxygen atoms in total. The minimum atomic E-state index is 0.602. The van der Waals surface area contributed by atoms with Crippen molar-refractivity contribution in [2.24, 2.45) is 0 Å². The minimum absolute atomic E-state index is 0.602. The SMILES string of the molecule is COc1cc(-c2nc3ccccc3[nH]2)ccc1OCCc1ccccc1. The van der Waals surface area contributed by atoms with Crippen molar-refractivity contribution in [2.75, 3.05) is 13.7 Å². The van der Waals surface area contributed by atoms with Crippen LogP contribution in [-0.2, 0) is 6.42 Å². The van der Waals surface area contributed by atoms with E-state index < -0.39 is 0 Å². The van der Waals surface area contributed by atoms with Gasteiger partial charge in [-0.2, -0.15) is 0 Å². The zero-order valence-corrected chi connectivity index (χ0v) is 14.6. The van der Waals surface area contributed by atoms with Gasteiger partial charge >= 0.3 is 0 Å². The maximum atomic E-state index is 5.93. The van der Waals surface area contributed by atoms with Crippen LogP contribution < -0.4 is 9.47 Å². The van der Waals surface area contributed by atoms with Gasteiger partial charge in [0.05, 0.1) is 24.8 Å². The van der Waals surface area contributed by atoms with Crippen molar-refractivity contribution in [3.63, 3.8) is 0 Å². The highest BCUT2D eigenvalue weighted by Crippen LogP contribution is 2.32. The van der Waals surface area contributed by atoms with Crippen LogP contribution in [0.4, 0.5) is 0 Å². The molecular formula is C22H20N2O2. The number of nitrogens with zero attached hydrogens (tertiary/aromatic N) is 1. The Kier molecular flexibility index (Phi) is 4.56. The van der Waals surface area contributed by atoms with Gasteiger partial charge in [0.15, 0.2) is 11.5 Å². The predicted octanol–water partition coefficient (Wildman–Crippen LogP) is 4.86. The first-order chi connectivity index (χ1) is 12.8. The fraction of sp³-hybridized carbons (Fsp3) is 0.136. The van der Waals surface area contributed by atoms with Gasteiger partial charge in [0.1, 0.15) is 5.82 Å². The third-order valence-electron chi connectivity index (χ3n) is 4.32. The van der Waals surface area contributed by atoms with E-state index in [1.54, 1.807) is 7.11 Å². The number of aromatic amines is 1. The predicted molar refractivity (Wildman–Crippen MR) is 104 cm³/mol. The number of H-pyrrole nitrogens is 1. The Morgan fingerprint density at radius 1 is 0.885 bits per heavy atom. The number of imidazole rings is 1. The van der Waals surface area contributed by atoms with Gasteiger partial charge in [-0.05, 0) is 35.9 Å². The van der Waals surface area contributed by atoms with E-state index in [0.29, 0.717) is 12.4 Å². The van der Waals surface area contributed by atoms with Crippen molar-refractivity contribution >= 4 is 11.0 Å². The summed E-state index contributed by atoms with van der Waals surface area (Å²) in [5, 5.41) is 0. The Morgan fingerprint density at radius 3 is 2.50 bits per heavy atom. The van der Waals surface area contributed by atoms with Crippen LogP contribution in [0, 0.1) is 0 Å². The molecule has 0 amide bonds. The lowest BCUT2D eigenvalue weighted by molar-refractivity contribution is 0.298. The quantitative estimate of drug-likeness (QED) is 0.543. The Morgan fingerprint density at radius 2 is 1.69 bits per heavy atom. The number of nitrogens with one attached hydrogen (secondary N) is 1. The maximum Gasteiger partial charge on any atom is 0.161 e. The lowest BCUT2D eigenvalue weighted by atomic mass is 10.1. The summed E-state index contributed by atoms with van der Waals surface area (Å²) in [6, 6.07) is 24.2. The van der Waals surface area contributed by atoms with Crippen LogP contribution in [0.5, 0.6) is 11.5 Å². The smallest absolute Gasteiger partial charge is 0.161 e. The first-order valence-electron chi connectivity index (χ1n) is 8.63. The molecule has 0 aliphatic carbocycles. The zero-order valence-electron chi connectivity index (χ0n) is 14.6. The first kappa shape index (κ1) is 16.2. The number of hydrogen-bond acceptors (Lipinski definition) is 3. The summed E-state index contributed by atoms with van der Waals surface area (Å²) in [5.74, 6) is 2.26. The molecule has 130 valence electrons. The van der Waals surface area contributed by atoms with E-state index in [9.17, 15) is 0 Å². The maximum absolute atomic E-state index is 5.93. The van der Waals surface area contributed by atoms with Crippen LogP contribution in [0.15, 0.2) is 72.8 Å². The number of benzene rings is 3. The average molecular weight is 344 g/mol. The van der Waals surface area contributed by atoms with Crippen molar-refractivity contribution in [3.05, 3.63) is 78.4 Å². The van der Waals surface area contributed by atoms with Gasteiger partial charge in [-0.25, -0.2) is 4.98 Å². The van der Waals surface area contributed by atoms with Crippen molar-refractivity contribution in [3.8, 4) is 22.9 Å². The third-order valence-corrected chi connectivity index (χ3v) is 4.32. The van der Waals surface area contributed by atoms with E-state index in [1.807, 2.05) is 60.7 Å². The third kappa shape index (κ3) is 3.40. The molecule has 0 saturated heterocycles. The zero-order chi connectivity index (χ0) is 17.8. The minimum Gasteiger partial charge on any atom is -0.493 e. The summed E-state index contributed by atoms with van der Waals surface area (Å²) in [6.07, 6.45) is 0.856. The highest BCUT2D eigenvalue weighted by atomic mass is 16.5. The molecule has 0 spiro atoms. The molecule has 4 aromatic rings. The van der Waals surface area contributed by atoms with Crippen LogP contribution in [0.25, 0.3) is 22.4 Å². The Labute approximate surface area is 152 Å². The molecule has 1 N–H and O–H groups in total. The molecule has 3 aromatic carbocycles. The van der Waals surface area contributed by atoms with Crippen molar-refractivity contribution in [1.82, 2.24) is 9.97 Å². The van der Waals surface area contributed by atoms with E-state index in [1.165, 1.54) is 5.56 Å². The molecule has 1 aromatic heterocycles. The van der Waals surface area contributed by atoms with Crippen molar-refractivity contribution in [2.45, 2.75) is 6.42 Å². The highest BCUT2D eigenvalue weighted by molar-refractivity contribution is 5.79. The molecule has 0 aliphatic rings. The Balaban J connectivity index is 1.52. The summed E-state index contributed by atoms with van der Waals surface area (Å²) < 4.78 is 11.4. The van der Waals surface area contributed by atoms with E-state index in [0.717, 1.165) is 34.6 Å². The number of methoxy groups -OCH3 is 1. The van der Waals surface area contributed by atoms with Gasteiger partial charge in [-0.1, -0.05) is 42.5 Å². The molecule has 4 rings (SSSR count). The van der Waals surface area contributed by atoms with Crippen LogP contribution >= 0.6 is 0 Å². The molecule has 0 radical (unpaired) electrons. The second-order valence-electron chi connectivity index (χ2n) is 6.05. The van der Waals surface area contributed by atoms with Gasteiger partial charge in [0.2, 0.25) is 0 Å². The van der Waals surface area contributed by atoms with E-state index in [2.05, 4.69) is 22.1 Å². The number of para-hydroxylation sites is 2. The Bertz CT molecular complexity index is 976. The number of fused-ring (bicyclic) bond motifs is 1. The van der Waals surface area contributed by atoms with Gasteiger partial charge < -0.3 is 14.5 Å². The van der Waals surface area contributed by atoms with Crippen LogP contribution in [0.1, 0.15) is 5.56 Å². The standard InChI is InChI=1S/C22H20N2O2/c1-25-21-15-17(22-23-18-9-5-6-10-19(18)24-22)11-12-20(21)26-14-13-16-7-3-2-4-8-16/h2-12,15H,13-14H2,1H3,(H,23,24). The molecular weight excluding hydrogens is 324 g/mol. The van der Waals surface area contributed by atoms with Gasteiger partial charge in [0.25, 0.3) is 0 Å². The molecule has 0 aliphatic heterocycles. The molecule has 4 heteroatoms. The number of rotatable bonds is 6. The number of hydrogen-bond donors (Lipinski definition) is 1.